The van der Waals surface area contributed by atoms with Crippen molar-refractivity contribution in [1.29, 1.82) is 0 Å². The lowest BCUT2D eigenvalue weighted by Gasteiger charge is -2.13. The van der Waals surface area contributed by atoms with Crippen molar-refractivity contribution in [2.24, 2.45) is 0 Å². The number of benzene rings is 3. The number of amides is 1. The highest BCUT2D eigenvalue weighted by Gasteiger charge is 2.22. The molecule has 0 aliphatic rings. The smallest absolute Gasteiger partial charge is 0.264 e. The third kappa shape index (κ3) is 4.91. The van der Waals surface area contributed by atoms with Crippen LogP contribution in [0.5, 0.6) is 5.75 Å². The SMILES string of the molecule is COc1ccccc1NS(=O)(=O)c1cc(C(=O)NCc2ccccc2)ccc1F. The minimum absolute atomic E-state index is 0.0303. The average molecular weight is 414 g/mol. The van der Waals surface area contributed by atoms with E-state index in [-0.39, 0.29) is 23.5 Å². The van der Waals surface area contributed by atoms with Crippen LogP contribution in [0.25, 0.3) is 0 Å². The zero-order valence-corrected chi connectivity index (χ0v) is 16.4. The van der Waals surface area contributed by atoms with Gasteiger partial charge in [0.2, 0.25) is 0 Å². The first-order chi connectivity index (χ1) is 13.9. The average Bonchev–Trinajstić information content (AvgIpc) is 2.73. The van der Waals surface area contributed by atoms with Crippen molar-refractivity contribution in [2.75, 3.05) is 11.8 Å². The topological polar surface area (TPSA) is 84.5 Å². The number of sulfonamides is 1. The van der Waals surface area contributed by atoms with Gasteiger partial charge in [-0.25, -0.2) is 12.8 Å². The lowest BCUT2D eigenvalue weighted by molar-refractivity contribution is 0.0950. The van der Waals surface area contributed by atoms with E-state index in [1.807, 2.05) is 30.3 Å². The zero-order chi connectivity index (χ0) is 20.9. The molecule has 3 rings (SSSR count). The number of hydrogen-bond acceptors (Lipinski definition) is 4. The molecule has 0 unspecified atom stereocenters. The predicted octanol–water partition coefficient (Wildman–Crippen LogP) is 3.57. The van der Waals surface area contributed by atoms with Gasteiger partial charge in [0, 0.05) is 12.1 Å². The molecule has 0 spiro atoms. The van der Waals surface area contributed by atoms with Crippen molar-refractivity contribution >= 4 is 21.6 Å². The number of carbonyl (C=O) groups is 1. The van der Waals surface area contributed by atoms with Crippen molar-refractivity contribution in [1.82, 2.24) is 5.32 Å². The van der Waals surface area contributed by atoms with E-state index in [4.69, 9.17) is 4.74 Å². The maximum atomic E-state index is 14.3. The Balaban J connectivity index is 1.83. The molecule has 3 aromatic carbocycles. The maximum Gasteiger partial charge on any atom is 0.264 e. The van der Waals surface area contributed by atoms with Gasteiger partial charge in [-0.2, -0.15) is 0 Å². The molecule has 0 aromatic heterocycles. The summed E-state index contributed by atoms with van der Waals surface area (Å²) in [6.45, 7) is 0.262. The lowest BCUT2D eigenvalue weighted by Crippen LogP contribution is -2.23. The highest BCUT2D eigenvalue weighted by Crippen LogP contribution is 2.27. The standard InChI is InChI=1S/C21H19FN2O4S/c1-28-19-10-6-5-9-18(19)24-29(26,27)20-13-16(11-12-17(20)22)21(25)23-14-15-7-3-2-4-8-15/h2-13,24H,14H2,1H3,(H,23,25). The molecular formula is C21H19FN2O4S. The summed E-state index contributed by atoms with van der Waals surface area (Å²) < 4.78 is 47.1. The summed E-state index contributed by atoms with van der Waals surface area (Å²) in [5.74, 6) is -1.19. The molecule has 6 nitrogen and oxygen atoms in total. The number of halogens is 1. The monoisotopic (exact) mass is 414 g/mol. The van der Waals surface area contributed by atoms with E-state index < -0.39 is 26.6 Å². The number of anilines is 1. The van der Waals surface area contributed by atoms with E-state index in [1.54, 1.807) is 18.2 Å². The fourth-order valence-electron chi connectivity index (χ4n) is 2.66. The van der Waals surface area contributed by atoms with Gasteiger partial charge in [-0.1, -0.05) is 42.5 Å². The van der Waals surface area contributed by atoms with Crippen molar-refractivity contribution in [3.63, 3.8) is 0 Å². The molecule has 0 bridgehead atoms. The first-order valence-electron chi connectivity index (χ1n) is 8.68. The molecule has 0 saturated heterocycles. The summed E-state index contributed by atoms with van der Waals surface area (Å²) in [4.78, 5) is 11.8. The van der Waals surface area contributed by atoms with Crippen LogP contribution in [0.3, 0.4) is 0 Å². The van der Waals surface area contributed by atoms with Crippen LogP contribution in [0, 0.1) is 5.82 Å². The van der Waals surface area contributed by atoms with Crippen LogP contribution in [-0.2, 0) is 16.6 Å². The molecule has 1 amide bonds. The molecule has 0 saturated carbocycles. The van der Waals surface area contributed by atoms with E-state index >= 15 is 0 Å². The number of nitrogens with one attached hydrogen (secondary N) is 2. The molecule has 0 atom stereocenters. The van der Waals surface area contributed by atoms with Crippen molar-refractivity contribution in [3.8, 4) is 5.75 Å². The quantitative estimate of drug-likeness (QED) is 0.619. The molecule has 0 aliphatic heterocycles. The summed E-state index contributed by atoms with van der Waals surface area (Å²) in [7, 11) is -2.89. The number of methoxy groups -OCH3 is 1. The summed E-state index contributed by atoms with van der Waals surface area (Å²) in [5, 5.41) is 2.68. The van der Waals surface area contributed by atoms with Crippen LogP contribution in [0.1, 0.15) is 15.9 Å². The number of para-hydroxylation sites is 2. The van der Waals surface area contributed by atoms with Gasteiger partial charge in [-0.15, -0.1) is 0 Å². The fraction of sp³-hybridized carbons (Fsp3) is 0.0952. The number of carbonyl (C=O) groups excluding carboxylic acids is 1. The summed E-state index contributed by atoms with van der Waals surface area (Å²) >= 11 is 0. The Bertz CT molecular complexity index is 1120. The van der Waals surface area contributed by atoms with Crippen molar-refractivity contribution in [3.05, 3.63) is 89.7 Å². The molecule has 29 heavy (non-hydrogen) atoms. The second-order valence-electron chi connectivity index (χ2n) is 6.12. The first-order valence-corrected chi connectivity index (χ1v) is 10.2. The van der Waals surface area contributed by atoms with E-state index in [0.29, 0.717) is 0 Å². The third-order valence-electron chi connectivity index (χ3n) is 4.13. The van der Waals surface area contributed by atoms with Crippen molar-refractivity contribution < 1.29 is 22.3 Å². The van der Waals surface area contributed by atoms with Crippen LogP contribution in [0.15, 0.2) is 77.7 Å². The Hall–Kier alpha value is -3.39. The summed E-state index contributed by atoms with van der Waals surface area (Å²) in [6, 6.07) is 18.8. The molecule has 0 heterocycles. The summed E-state index contributed by atoms with van der Waals surface area (Å²) in [5.41, 5.74) is 1.07. The van der Waals surface area contributed by atoms with Crippen LogP contribution in [0.2, 0.25) is 0 Å². The van der Waals surface area contributed by atoms with Crippen LogP contribution in [-0.4, -0.2) is 21.4 Å². The van der Waals surface area contributed by atoms with E-state index in [0.717, 1.165) is 17.7 Å². The highest BCUT2D eigenvalue weighted by molar-refractivity contribution is 7.92. The van der Waals surface area contributed by atoms with Gasteiger partial charge >= 0.3 is 0 Å². The van der Waals surface area contributed by atoms with Gasteiger partial charge in [0.15, 0.2) is 0 Å². The maximum absolute atomic E-state index is 14.3. The zero-order valence-electron chi connectivity index (χ0n) is 15.6. The Labute approximate surface area is 168 Å². The van der Waals surface area contributed by atoms with Crippen molar-refractivity contribution in [2.45, 2.75) is 11.4 Å². The van der Waals surface area contributed by atoms with Crippen LogP contribution in [0.4, 0.5) is 10.1 Å². The minimum atomic E-state index is -4.28. The first kappa shape index (κ1) is 20.3. The molecule has 0 aliphatic carbocycles. The highest BCUT2D eigenvalue weighted by atomic mass is 32.2. The van der Waals surface area contributed by atoms with Gasteiger partial charge in [-0.05, 0) is 35.9 Å². The van der Waals surface area contributed by atoms with Gasteiger partial charge in [0.25, 0.3) is 15.9 Å². The van der Waals surface area contributed by atoms with Gasteiger partial charge in [0.05, 0.1) is 12.8 Å². The second-order valence-corrected chi connectivity index (χ2v) is 7.77. The van der Waals surface area contributed by atoms with Crippen LogP contribution < -0.4 is 14.8 Å². The third-order valence-corrected chi connectivity index (χ3v) is 5.51. The largest absolute Gasteiger partial charge is 0.495 e. The van der Waals surface area contributed by atoms with E-state index in [2.05, 4.69) is 10.0 Å². The fourth-order valence-corrected chi connectivity index (χ4v) is 3.83. The number of ether oxygens (including phenoxy) is 1. The number of hydrogen-bond donors (Lipinski definition) is 2. The normalized spacial score (nSPS) is 11.0. The Morgan fingerprint density at radius 3 is 2.41 bits per heavy atom. The van der Waals surface area contributed by atoms with Gasteiger partial charge < -0.3 is 10.1 Å². The molecule has 0 radical (unpaired) electrons. The molecule has 0 fully saturated rings. The van der Waals surface area contributed by atoms with Gasteiger partial charge in [-0.3, -0.25) is 9.52 Å². The number of rotatable bonds is 7. The lowest BCUT2D eigenvalue weighted by atomic mass is 10.2. The van der Waals surface area contributed by atoms with Crippen LogP contribution >= 0.6 is 0 Å². The van der Waals surface area contributed by atoms with E-state index in [1.165, 1.54) is 19.2 Å². The Morgan fingerprint density at radius 1 is 1.00 bits per heavy atom. The van der Waals surface area contributed by atoms with Gasteiger partial charge in [0.1, 0.15) is 16.5 Å². The minimum Gasteiger partial charge on any atom is -0.495 e. The van der Waals surface area contributed by atoms with E-state index in [9.17, 15) is 17.6 Å². The Kier molecular flexibility index (Phi) is 6.13. The predicted molar refractivity (Wildman–Crippen MR) is 108 cm³/mol. The molecule has 2 N–H and O–H groups in total. The molecule has 150 valence electrons. The molecule has 3 aromatic rings. The molecular weight excluding hydrogens is 395 g/mol. The molecule has 8 heteroatoms. The second kappa shape index (κ2) is 8.74. The summed E-state index contributed by atoms with van der Waals surface area (Å²) in [6.07, 6.45) is 0. The Morgan fingerprint density at radius 2 is 1.69 bits per heavy atom.